The molecule has 0 radical (unpaired) electrons. The molecular formula is C12H16FN. The van der Waals surface area contributed by atoms with E-state index in [1.54, 1.807) is 12.1 Å². The summed E-state index contributed by atoms with van der Waals surface area (Å²) in [6, 6.07) is 5.35. The fourth-order valence-corrected chi connectivity index (χ4v) is 2.14. The highest BCUT2D eigenvalue weighted by Crippen LogP contribution is 2.24. The third-order valence-corrected chi connectivity index (χ3v) is 2.83. The zero-order chi connectivity index (χ0) is 9.97. The molecule has 1 aromatic carbocycles. The molecule has 2 heteroatoms. The first-order valence-corrected chi connectivity index (χ1v) is 5.23. The minimum absolute atomic E-state index is 0.106. The van der Waals surface area contributed by atoms with Crippen LogP contribution in [-0.4, -0.2) is 13.1 Å². The van der Waals surface area contributed by atoms with Gasteiger partial charge in [0, 0.05) is 6.54 Å². The Hall–Kier alpha value is -0.890. The highest BCUT2D eigenvalue weighted by atomic mass is 19.1. The van der Waals surface area contributed by atoms with Crippen LogP contribution in [0, 0.1) is 12.7 Å². The van der Waals surface area contributed by atoms with E-state index < -0.39 is 0 Å². The maximum Gasteiger partial charge on any atom is 0.123 e. The van der Waals surface area contributed by atoms with Gasteiger partial charge in [-0.05, 0) is 55.5 Å². The average Bonchev–Trinajstić information content (AvgIpc) is 2.18. The molecule has 1 aliphatic rings. The van der Waals surface area contributed by atoms with Gasteiger partial charge in [0.1, 0.15) is 5.82 Å². The van der Waals surface area contributed by atoms with Crippen LogP contribution >= 0.6 is 0 Å². The van der Waals surface area contributed by atoms with Gasteiger partial charge >= 0.3 is 0 Å². The Bertz CT molecular complexity index is 296. The Morgan fingerprint density at radius 3 is 2.86 bits per heavy atom. The molecule has 0 spiro atoms. The standard InChI is InChI=1S/C12H16FN/c1-9-5-11(7-12(13)6-9)10-3-2-4-14-8-10/h5-7,10,14H,2-4,8H2,1H3. The first kappa shape index (κ1) is 9.66. The Morgan fingerprint density at radius 2 is 2.21 bits per heavy atom. The summed E-state index contributed by atoms with van der Waals surface area (Å²) in [6.07, 6.45) is 2.37. The fourth-order valence-electron chi connectivity index (χ4n) is 2.14. The van der Waals surface area contributed by atoms with Gasteiger partial charge in [0.2, 0.25) is 0 Å². The number of hydrogen-bond acceptors (Lipinski definition) is 1. The smallest absolute Gasteiger partial charge is 0.123 e. The van der Waals surface area contributed by atoms with Gasteiger partial charge in [-0.2, -0.15) is 0 Å². The number of piperidine rings is 1. The van der Waals surface area contributed by atoms with Crippen molar-refractivity contribution in [2.24, 2.45) is 0 Å². The second kappa shape index (κ2) is 4.09. The van der Waals surface area contributed by atoms with E-state index >= 15 is 0 Å². The SMILES string of the molecule is Cc1cc(F)cc(C2CCCNC2)c1. The molecule has 1 unspecified atom stereocenters. The lowest BCUT2D eigenvalue weighted by Crippen LogP contribution is -2.28. The van der Waals surface area contributed by atoms with Gasteiger partial charge in [0.15, 0.2) is 0 Å². The van der Waals surface area contributed by atoms with E-state index in [-0.39, 0.29) is 5.82 Å². The Kier molecular flexibility index (Phi) is 2.82. The Morgan fingerprint density at radius 1 is 1.36 bits per heavy atom. The molecule has 0 aromatic heterocycles. The van der Waals surface area contributed by atoms with E-state index in [0.717, 1.165) is 24.2 Å². The molecule has 2 rings (SSSR count). The second-order valence-corrected chi connectivity index (χ2v) is 4.11. The molecule has 76 valence electrons. The topological polar surface area (TPSA) is 12.0 Å². The van der Waals surface area contributed by atoms with Gasteiger partial charge in [-0.1, -0.05) is 6.07 Å². The van der Waals surface area contributed by atoms with Crippen molar-refractivity contribution in [2.75, 3.05) is 13.1 Å². The summed E-state index contributed by atoms with van der Waals surface area (Å²) in [5.41, 5.74) is 2.17. The summed E-state index contributed by atoms with van der Waals surface area (Å²) < 4.78 is 13.2. The van der Waals surface area contributed by atoms with Crippen LogP contribution in [-0.2, 0) is 0 Å². The van der Waals surface area contributed by atoms with E-state index in [1.807, 2.05) is 6.92 Å². The number of halogens is 1. The summed E-state index contributed by atoms with van der Waals surface area (Å²) in [7, 11) is 0. The molecular weight excluding hydrogens is 177 g/mol. The maximum absolute atomic E-state index is 13.2. The van der Waals surface area contributed by atoms with Gasteiger partial charge in [-0.3, -0.25) is 0 Å². The Labute approximate surface area is 84.3 Å². The number of benzene rings is 1. The molecule has 0 aliphatic carbocycles. The van der Waals surface area contributed by atoms with Crippen molar-refractivity contribution >= 4 is 0 Å². The van der Waals surface area contributed by atoms with Crippen LogP contribution in [0.25, 0.3) is 0 Å². The minimum atomic E-state index is -0.106. The van der Waals surface area contributed by atoms with Crippen LogP contribution in [0.1, 0.15) is 29.9 Å². The van der Waals surface area contributed by atoms with Crippen molar-refractivity contribution in [1.82, 2.24) is 5.32 Å². The van der Waals surface area contributed by atoms with Crippen molar-refractivity contribution in [3.05, 3.63) is 35.1 Å². The molecule has 1 nitrogen and oxygen atoms in total. The monoisotopic (exact) mass is 193 g/mol. The predicted octanol–water partition coefficient (Wildman–Crippen LogP) is 2.60. The van der Waals surface area contributed by atoms with E-state index in [0.29, 0.717) is 5.92 Å². The van der Waals surface area contributed by atoms with Crippen molar-refractivity contribution in [3.8, 4) is 0 Å². The summed E-state index contributed by atoms with van der Waals surface area (Å²) in [6.45, 7) is 4.04. The molecule has 1 heterocycles. The molecule has 1 aromatic rings. The molecule has 1 N–H and O–H groups in total. The quantitative estimate of drug-likeness (QED) is 0.723. The van der Waals surface area contributed by atoms with Crippen LogP contribution in [0.15, 0.2) is 18.2 Å². The fraction of sp³-hybridized carbons (Fsp3) is 0.500. The molecule has 0 bridgehead atoms. The normalized spacial score (nSPS) is 22.3. The summed E-state index contributed by atoms with van der Waals surface area (Å²) >= 11 is 0. The first-order valence-electron chi connectivity index (χ1n) is 5.23. The van der Waals surface area contributed by atoms with E-state index in [4.69, 9.17) is 0 Å². The molecule has 14 heavy (non-hydrogen) atoms. The highest BCUT2D eigenvalue weighted by molar-refractivity contribution is 5.27. The van der Waals surface area contributed by atoms with Crippen LogP contribution in [0.5, 0.6) is 0 Å². The van der Waals surface area contributed by atoms with Crippen molar-refractivity contribution < 1.29 is 4.39 Å². The van der Waals surface area contributed by atoms with E-state index in [1.165, 1.54) is 12.8 Å². The van der Waals surface area contributed by atoms with Gasteiger partial charge in [0.05, 0.1) is 0 Å². The van der Waals surface area contributed by atoms with E-state index in [9.17, 15) is 4.39 Å². The minimum Gasteiger partial charge on any atom is -0.316 e. The lowest BCUT2D eigenvalue weighted by Gasteiger charge is -2.23. The van der Waals surface area contributed by atoms with Crippen LogP contribution in [0.4, 0.5) is 4.39 Å². The molecule has 1 saturated heterocycles. The third-order valence-electron chi connectivity index (χ3n) is 2.83. The average molecular weight is 193 g/mol. The van der Waals surface area contributed by atoms with Crippen LogP contribution in [0.3, 0.4) is 0 Å². The summed E-state index contributed by atoms with van der Waals surface area (Å²) in [5.74, 6) is 0.392. The van der Waals surface area contributed by atoms with E-state index in [2.05, 4.69) is 11.4 Å². The number of aryl methyl sites for hydroxylation is 1. The lowest BCUT2D eigenvalue weighted by atomic mass is 9.91. The van der Waals surface area contributed by atoms with Crippen LogP contribution in [0.2, 0.25) is 0 Å². The van der Waals surface area contributed by atoms with Crippen molar-refractivity contribution in [3.63, 3.8) is 0 Å². The summed E-state index contributed by atoms with van der Waals surface area (Å²) in [5, 5.41) is 3.35. The van der Waals surface area contributed by atoms with Gasteiger partial charge in [-0.15, -0.1) is 0 Å². The van der Waals surface area contributed by atoms with Gasteiger partial charge < -0.3 is 5.32 Å². The second-order valence-electron chi connectivity index (χ2n) is 4.11. The van der Waals surface area contributed by atoms with Crippen molar-refractivity contribution in [2.45, 2.75) is 25.7 Å². The Balaban J connectivity index is 2.21. The van der Waals surface area contributed by atoms with Gasteiger partial charge in [0.25, 0.3) is 0 Å². The maximum atomic E-state index is 13.2. The highest BCUT2D eigenvalue weighted by Gasteiger charge is 2.15. The van der Waals surface area contributed by atoms with Gasteiger partial charge in [-0.25, -0.2) is 4.39 Å². The molecule has 1 aliphatic heterocycles. The molecule has 0 amide bonds. The molecule has 1 atom stereocenters. The lowest BCUT2D eigenvalue weighted by molar-refractivity contribution is 0.459. The number of hydrogen-bond donors (Lipinski definition) is 1. The summed E-state index contributed by atoms with van der Waals surface area (Å²) in [4.78, 5) is 0. The third kappa shape index (κ3) is 2.13. The number of nitrogens with one attached hydrogen (secondary N) is 1. The van der Waals surface area contributed by atoms with Crippen molar-refractivity contribution in [1.29, 1.82) is 0 Å². The molecule has 0 saturated carbocycles. The first-order chi connectivity index (χ1) is 6.75. The zero-order valence-corrected chi connectivity index (χ0v) is 8.52. The molecule has 1 fully saturated rings. The largest absolute Gasteiger partial charge is 0.316 e. The van der Waals surface area contributed by atoms with Crippen LogP contribution < -0.4 is 5.32 Å². The number of rotatable bonds is 1. The predicted molar refractivity (Wildman–Crippen MR) is 56.0 cm³/mol. The zero-order valence-electron chi connectivity index (χ0n) is 8.52.